The van der Waals surface area contributed by atoms with Gasteiger partial charge in [0.15, 0.2) is 0 Å². The number of nitrogens with zero attached hydrogens (tertiary/aromatic N) is 3. The maximum absolute atomic E-state index is 12.4. The smallest absolute Gasteiger partial charge is 0.284 e. The zero-order valence-electron chi connectivity index (χ0n) is 13.7. The molecule has 0 aliphatic rings. The molecule has 0 radical (unpaired) electrons. The second kappa shape index (κ2) is 6.48. The summed E-state index contributed by atoms with van der Waals surface area (Å²) in [6, 6.07) is 9.45. The van der Waals surface area contributed by atoms with Gasteiger partial charge in [-0.2, -0.15) is 5.10 Å². The Labute approximate surface area is 134 Å². The molecule has 2 rings (SSSR count). The molecule has 2 aromatic rings. The fourth-order valence-electron chi connectivity index (χ4n) is 2.31. The third kappa shape index (κ3) is 3.48. The van der Waals surface area contributed by atoms with Crippen LogP contribution in [-0.4, -0.2) is 30.9 Å². The standard InChI is InChI=1S/C17H20N4O2/c1-11-9-12(2)21(17(23)15(11)16(18)22)19-10-13-5-7-14(8-6-13)20(3)4/h5-10H,1-4H3,(H2,18,22). The molecule has 0 aliphatic carbocycles. The predicted molar refractivity (Wildman–Crippen MR) is 92.5 cm³/mol. The van der Waals surface area contributed by atoms with Crippen LogP contribution in [0.1, 0.15) is 27.2 Å². The predicted octanol–water partition coefficient (Wildman–Crippen LogP) is 1.51. The summed E-state index contributed by atoms with van der Waals surface area (Å²) in [6.07, 6.45) is 1.58. The van der Waals surface area contributed by atoms with E-state index >= 15 is 0 Å². The molecule has 0 atom stereocenters. The summed E-state index contributed by atoms with van der Waals surface area (Å²) < 4.78 is 1.19. The lowest BCUT2D eigenvalue weighted by Gasteiger charge is -2.11. The maximum atomic E-state index is 12.4. The van der Waals surface area contributed by atoms with Crippen LogP contribution in [0, 0.1) is 13.8 Å². The lowest BCUT2D eigenvalue weighted by molar-refractivity contribution is 0.0997. The summed E-state index contributed by atoms with van der Waals surface area (Å²) in [5.74, 6) is -0.744. The Kier molecular flexibility index (Phi) is 4.64. The van der Waals surface area contributed by atoms with Crippen LogP contribution in [0.3, 0.4) is 0 Å². The molecule has 2 N–H and O–H groups in total. The van der Waals surface area contributed by atoms with Gasteiger partial charge < -0.3 is 10.6 Å². The van der Waals surface area contributed by atoms with Crippen molar-refractivity contribution in [3.63, 3.8) is 0 Å². The summed E-state index contributed by atoms with van der Waals surface area (Å²) in [6.45, 7) is 3.44. The minimum Gasteiger partial charge on any atom is -0.378 e. The Morgan fingerprint density at radius 2 is 1.83 bits per heavy atom. The van der Waals surface area contributed by atoms with Crippen molar-refractivity contribution in [2.75, 3.05) is 19.0 Å². The lowest BCUT2D eigenvalue weighted by atomic mass is 10.1. The number of aryl methyl sites for hydroxylation is 2. The average molecular weight is 312 g/mol. The molecular weight excluding hydrogens is 292 g/mol. The first-order valence-corrected chi connectivity index (χ1v) is 7.16. The second-order valence-electron chi connectivity index (χ2n) is 5.56. The largest absolute Gasteiger partial charge is 0.378 e. The van der Waals surface area contributed by atoms with Gasteiger partial charge in [0.05, 0.1) is 6.21 Å². The second-order valence-corrected chi connectivity index (χ2v) is 5.56. The summed E-state index contributed by atoms with van der Waals surface area (Å²) in [7, 11) is 3.92. The highest BCUT2D eigenvalue weighted by atomic mass is 16.2. The van der Waals surface area contributed by atoms with Crippen molar-refractivity contribution in [3.8, 4) is 0 Å². The number of hydrogen-bond donors (Lipinski definition) is 1. The van der Waals surface area contributed by atoms with Crippen LogP contribution in [0.5, 0.6) is 0 Å². The van der Waals surface area contributed by atoms with E-state index in [4.69, 9.17) is 5.73 Å². The van der Waals surface area contributed by atoms with Gasteiger partial charge in [0.25, 0.3) is 11.5 Å². The molecule has 0 aliphatic heterocycles. The molecule has 6 nitrogen and oxygen atoms in total. The van der Waals surface area contributed by atoms with E-state index in [0.717, 1.165) is 11.3 Å². The summed E-state index contributed by atoms with van der Waals surface area (Å²) in [4.78, 5) is 25.8. The average Bonchev–Trinajstić information content (AvgIpc) is 2.46. The van der Waals surface area contributed by atoms with Crippen LogP contribution in [0.2, 0.25) is 0 Å². The van der Waals surface area contributed by atoms with E-state index in [9.17, 15) is 9.59 Å². The molecule has 0 spiro atoms. The fourth-order valence-corrected chi connectivity index (χ4v) is 2.31. The van der Waals surface area contributed by atoms with Crippen LogP contribution in [-0.2, 0) is 0 Å². The summed E-state index contributed by atoms with van der Waals surface area (Å²) in [5, 5.41) is 4.19. The van der Waals surface area contributed by atoms with Crippen LogP contribution >= 0.6 is 0 Å². The van der Waals surface area contributed by atoms with Gasteiger partial charge in [0, 0.05) is 25.5 Å². The molecule has 1 aromatic carbocycles. The van der Waals surface area contributed by atoms with E-state index in [1.54, 1.807) is 26.1 Å². The van der Waals surface area contributed by atoms with Crippen LogP contribution in [0.25, 0.3) is 0 Å². The Morgan fingerprint density at radius 1 is 1.22 bits per heavy atom. The van der Waals surface area contributed by atoms with Gasteiger partial charge in [-0.1, -0.05) is 12.1 Å². The van der Waals surface area contributed by atoms with E-state index < -0.39 is 11.5 Å². The van der Waals surface area contributed by atoms with Crippen molar-refractivity contribution in [2.45, 2.75) is 13.8 Å². The highest BCUT2D eigenvalue weighted by Crippen LogP contribution is 2.11. The number of aromatic nitrogens is 1. The Hall–Kier alpha value is -2.89. The van der Waals surface area contributed by atoms with E-state index in [1.165, 1.54) is 4.68 Å². The number of primary amides is 1. The molecule has 120 valence electrons. The van der Waals surface area contributed by atoms with Crippen LogP contribution in [0.4, 0.5) is 5.69 Å². The number of rotatable bonds is 4. The molecule has 6 heteroatoms. The Bertz CT molecular complexity index is 818. The molecule has 1 aromatic heterocycles. The number of carbonyl (C=O) groups excluding carboxylic acids is 1. The van der Waals surface area contributed by atoms with Crippen LogP contribution < -0.4 is 16.2 Å². The van der Waals surface area contributed by atoms with E-state index in [-0.39, 0.29) is 5.56 Å². The molecule has 0 unspecified atom stereocenters. The molecule has 0 saturated carbocycles. The molecule has 0 saturated heterocycles. The first-order valence-electron chi connectivity index (χ1n) is 7.16. The highest BCUT2D eigenvalue weighted by molar-refractivity contribution is 5.93. The quantitative estimate of drug-likeness (QED) is 0.869. The monoisotopic (exact) mass is 312 g/mol. The fraction of sp³-hybridized carbons (Fsp3) is 0.235. The van der Waals surface area contributed by atoms with Crippen LogP contribution in [0.15, 0.2) is 40.2 Å². The molecular formula is C17H20N4O2. The lowest BCUT2D eigenvalue weighted by Crippen LogP contribution is -2.30. The van der Waals surface area contributed by atoms with Gasteiger partial charge in [-0.05, 0) is 43.2 Å². The van der Waals surface area contributed by atoms with Gasteiger partial charge in [0.2, 0.25) is 0 Å². The summed E-state index contributed by atoms with van der Waals surface area (Å²) >= 11 is 0. The minimum absolute atomic E-state index is 0.0318. The van der Waals surface area contributed by atoms with E-state index in [0.29, 0.717) is 11.3 Å². The molecule has 1 amide bonds. The van der Waals surface area contributed by atoms with Crippen molar-refractivity contribution in [2.24, 2.45) is 10.8 Å². The van der Waals surface area contributed by atoms with Crippen molar-refractivity contribution >= 4 is 17.8 Å². The third-order valence-electron chi connectivity index (χ3n) is 3.54. The zero-order chi connectivity index (χ0) is 17.1. The van der Waals surface area contributed by atoms with Gasteiger partial charge in [-0.15, -0.1) is 0 Å². The highest BCUT2D eigenvalue weighted by Gasteiger charge is 2.14. The number of hydrogen-bond acceptors (Lipinski definition) is 4. The molecule has 0 bridgehead atoms. The van der Waals surface area contributed by atoms with Crippen molar-refractivity contribution in [3.05, 3.63) is 63.1 Å². The molecule has 0 fully saturated rings. The van der Waals surface area contributed by atoms with Gasteiger partial charge in [-0.3, -0.25) is 9.59 Å². The number of carbonyl (C=O) groups is 1. The first kappa shape index (κ1) is 16.5. The van der Waals surface area contributed by atoms with E-state index in [2.05, 4.69) is 5.10 Å². The number of anilines is 1. The number of nitrogens with two attached hydrogens (primary N) is 1. The minimum atomic E-state index is -0.744. The third-order valence-corrected chi connectivity index (χ3v) is 3.54. The Balaban J connectivity index is 2.41. The van der Waals surface area contributed by atoms with Crippen molar-refractivity contribution in [1.29, 1.82) is 0 Å². The first-order chi connectivity index (χ1) is 10.8. The number of benzene rings is 1. The van der Waals surface area contributed by atoms with Crippen molar-refractivity contribution in [1.82, 2.24) is 4.68 Å². The SMILES string of the molecule is Cc1cc(C)n(N=Cc2ccc(N(C)C)cc2)c(=O)c1C(N)=O. The topological polar surface area (TPSA) is 80.7 Å². The maximum Gasteiger partial charge on any atom is 0.284 e. The van der Waals surface area contributed by atoms with Gasteiger partial charge >= 0.3 is 0 Å². The van der Waals surface area contributed by atoms with E-state index in [1.807, 2.05) is 43.3 Å². The molecule has 1 heterocycles. The number of pyridine rings is 1. The molecule has 23 heavy (non-hydrogen) atoms. The van der Waals surface area contributed by atoms with Gasteiger partial charge in [0.1, 0.15) is 5.56 Å². The Morgan fingerprint density at radius 3 is 2.35 bits per heavy atom. The number of amides is 1. The van der Waals surface area contributed by atoms with Gasteiger partial charge in [-0.25, -0.2) is 4.68 Å². The summed E-state index contributed by atoms with van der Waals surface area (Å²) in [5.41, 5.74) is 7.86. The zero-order valence-corrected chi connectivity index (χ0v) is 13.7. The normalized spacial score (nSPS) is 11.0. The van der Waals surface area contributed by atoms with Crippen molar-refractivity contribution < 1.29 is 4.79 Å².